The van der Waals surface area contributed by atoms with Gasteiger partial charge in [-0.25, -0.2) is 4.79 Å². The lowest BCUT2D eigenvalue weighted by Crippen LogP contribution is -2.47. The Bertz CT molecular complexity index is 306. The van der Waals surface area contributed by atoms with Crippen LogP contribution in [0.3, 0.4) is 0 Å². The van der Waals surface area contributed by atoms with Crippen molar-refractivity contribution in [1.82, 2.24) is 9.80 Å². The molecule has 0 saturated carbocycles. The molecule has 1 amide bonds. The predicted octanol–water partition coefficient (Wildman–Crippen LogP) is 1.73. The molecule has 5 heteroatoms. The monoisotopic (exact) mass is 270 g/mol. The van der Waals surface area contributed by atoms with E-state index in [1.54, 1.807) is 4.90 Å². The molecule has 2 rings (SSSR count). The van der Waals surface area contributed by atoms with Gasteiger partial charge in [-0.15, -0.1) is 0 Å². The highest BCUT2D eigenvalue weighted by Crippen LogP contribution is 2.35. The molecule has 0 bridgehead atoms. The Labute approximate surface area is 115 Å². The van der Waals surface area contributed by atoms with Gasteiger partial charge in [0.25, 0.3) is 0 Å². The van der Waals surface area contributed by atoms with Crippen LogP contribution in [0.1, 0.15) is 26.7 Å². The first kappa shape index (κ1) is 14.6. The Balaban J connectivity index is 1.84. The van der Waals surface area contributed by atoms with Gasteiger partial charge in [0.05, 0.1) is 13.2 Å². The van der Waals surface area contributed by atoms with E-state index < -0.39 is 6.09 Å². The SMILES string of the molecule is CC(C)(CN1CCOCC1)C1CCN(C(=O)O)CC1. The first-order chi connectivity index (χ1) is 8.99. The maximum Gasteiger partial charge on any atom is 0.407 e. The summed E-state index contributed by atoms with van der Waals surface area (Å²) in [5.41, 5.74) is 0.252. The Morgan fingerprint density at radius 2 is 1.79 bits per heavy atom. The third-order valence-electron chi connectivity index (χ3n) is 4.61. The third kappa shape index (κ3) is 3.83. The summed E-state index contributed by atoms with van der Waals surface area (Å²) in [5.74, 6) is 0.617. The molecule has 0 aliphatic carbocycles. The molecule has 0 aromatic heterocycles. The van der Waals surface area contributed by atoms with Crippen LogP contribution in [0.4, 0.5) is 4.79 Å². The van der Waals surface area contributed by atoms with Gasteiger partial charge in [0, 0.05) is 32.7 Å². The summed E-state index contributed by atoms with van der Waals surface area (Å²) in [5, 5.41) is 8.99. The average molecular weight is 270 g/mol. The number of carboxylic acid groups (broad SMARTS) is 1. The standard InChI is InChI=1S/C14H26N2O3/c1-14(2,11-15-7-9-19-10-8-15)12-3-5-16(6-4-12)13(17)18/h12H,3-11H2,1-2H3,(H,17,18). The molecular formula is C14H26N2O3. The van der Waals surface area contributed by atoms with Crippen molar-refractivity contribution in [3.63, 3.8) is 0 Å². The van der Waals surface area contributed by atoms with Crippen LogP contribution < -0.4 is 0 Å². The molecule has 0 aromatic rings. The molecule has 1 N–H and O–H groups in total. The summed E-state index contributed by atoms with van der Waals surface area (Å²) in [6.07, 6.45) is 1.21. The van der Waals surface area contributed by atoms with Gasteiger partial charge in [-0.05, 0) is 24.2 Å². The number of amides is 1. The number of hydrogen-bond acceptors (Lipinski definition) is 3. The lowest BCUT2D eigenvalue weighted by atomic mass is 9.73. The highest BCUT2D eigenvalue weighted by atomic mass is 16.5. The molecule has 2 fully saturated rings. The molecule has 2 aliphatic rings. The highest BCUT2D eigenvalue weighted by molar-refractivity contribution is 5.64. The summed E-state index contributed by atoms with van der Waals surface area (Å²) >= 11 is 0. The Morgan fingerprint density at radius 1 is 1.21 bits per heavy atom. The van der Waals surface area contributed by atoms with Crippen LogP contribution in [0.15, 0.2) is 0 Å². The van der Waals surface area contributed by atoms with E-state index in [9.17, 15) is 4.79 Å². The fourth-order valence-electron chi connectivity index (χ4n) is 3.32. The second kappa shape index (κ2) is 6.09. The molecule has 19 heavy (non-hydrogen) atoms. The van der Waals surface area contributed by atoms with Gasteiger partial charge >= 0.3 is 6.09 Å². The van der Waals surface area contributed by atoms with Crippen molar-refractivity contribution in [3.05, 3.63) is 0 Å². The van der Waals surface area contributed by atoms with Crippen LogP contribution in [0, 0.1) is 11.3 Å². The Kier molecular flexibility index (Phi) is 4.68. The molecule has 110 valence electrons. The molecule has 0 atom stereocenters. The molecule has 2 saturated heterocycles. The zero-order chi connectivity index (χ0) is 13.9. The van der Waals surface area contributed by atoms with Crippen LogP contribution >= 0.6 is 0 Å². The molecule has 5 nitrogen and oxygen atoms in total. The van der Waals surface area contributed by atoms with Crippen LogP contribution in [-0.4, -0.2) is 66.9 Å². The molecule has 2 aliphatic heterocycles. The number of piperidine rings is 1. The van der Waals surface area contributed by atoms with Crippen LogP contribution in [0.5, 0.6) is 0 Å². The van der Waals surface area contributed by atoms with Crippen LogP contribution in [-0.2, 0) is 4.74 Å². The van der Waals surface area contributed by atoms with Gasteiger partial charge in [-0.1, -0.05) is 13.8 Å². The van der Waals surface area contributed by atoms with E-state index in [0.717, 1.165) is 45.7 Å². The van der Waals surface area contributed by atoms with Crippen molar-refractivity contribution >= 4 is 6.09 Å². The summed E-state index contributed by atoms with van der Waals surface area (Å²) in [6, 6.07) is 0. The largest absolute Gasteiger partial charge is 0.465 e. The van der Waals surface area contributed by atoms with E-state index in [1.165, 1.54) is 0 Å². The number of morpholine rings is 1. The number of carbonyl (C=O) groups is 1. The van der Waals surface area contributed by atoms with E-state index in [2.05, 4.69) is 18.7 Å². The number of rotatable bonds is 3. The predicted molar refractivity (Wildman–Crippen MR) is 73.4 cm³/mol. The minimum absolute atomic E-state index is 0.252. The molecule has 0 unspecified atom stereocenters. The van der Waals surface area contributed by atoms with Gasteiger partial charge in [0.15, 0.2) is 0 Å². The topological polar surface area (TPSA) is 53.0 Å². The summed E-state index contributed by atoms with van der Waals surface area (Å²) in [4.78, 5) is 15.0. The molecule has 0 radical (unpaired) electrons. The smallest absolute Gasteiger partial charge is 0.407 e. The van der Waals surface area contributed by atoms with Crippen molar-refractivity contribution in [3.8, 4) is 0 Å². The second-order valence-electron chi connectivity index (χ2n) is 6.42. The Hall–Kier alpha value is -0.810. The average Bonchev–Trinajstić information content (AvgIpc) is 2.39. The van der Waals surface area contributed by atoms with E-state index in [1.807, 2.05) is 0 Å². The van der Waals surface area contributed by atoms with Crippen molar-refractivity contribution < 1.29 is 14.6 Å². The first-order valence-corrected chi connectivity index (χ1v) is 7.27. The molecule has 2 heterocycles. The van der Waals surface area contributed by atoms with Gasteiger partial charge in [0.1, 0.15) is 0 Å². The lowest BCUT2D eigenvalue weighted by molar-refractivity contribution is 0.00181. The maximum atomic E-state index is 10.9. The number of likely N-dealkylation sites (tertiary alicyclic amines) is 1. The van der Waals surface area contributed by atoms with Crippen LogP contribution in [0.2, 0.25) is 0 Å². The number of ether oxygens (including phenoxy) is 1. The zero-order valence-electron chi connectivity index (χ0n) is 12.1. The van der Waals surface area contributed by atoms with Crippen molar-refractivity contribution in [1.29, 1.82) is 0 Å². The van der Waals surface area contributed by atoms with Crippen LogP contribution in [0.25, 0.3) is 0 Å². The molecule has 0 spiro atoms. The minimum atomic E-state index is -0.774. The van der Waals surface area contributed by atoms with Gasteiger partial charge < -0.3 is 14.7 Å². The van der Waals surface area contributed by atoms with Crippen molar-refractivity contribution in [2.45, 2.75) is 26.7 Å². The molecular weight excluding hydrogens is 244 g/mol. The normalized spacial score (nSPS) is 23.6. The van der Waals surface area contributed by atoms with E-state index in [-0.39, 0.29) is 5.41 Å². The van der Waals surface area contributed by atoms with E-state index in [0.29, 0.717) is 19.0 Å². The van der Waals surface area contributed by atoms with Gasteiger partial charge in [0.2, 0.25) is 0 Å². The third-order valence-corrected chi connectivity index (χ3v) is 4.61. The van der Waals surface area contributed by atoms with Crippen molar-refractivity contribution in [2.24, 2.45) is 11.3 Å². The molecule has 0 aromatic carbocycles. The second-order valence-corrected chi connectivity index (χ2v) is 6.42. The fourth-order valence-corrected chi connectivity index (χ4v) is 3.32. The number of nitrogens with zero attached hydrogens (tertiary/aromatic N) is 2. The summed E-state index contributed by atoms with van der Waals surface area (Å²) < 4.78 is 5.39. The fraction of sp³-hybridized carbons (Fsp3) is 0.929. The summed E-state index contributed by atoms with van der Waals surface area (Å²) in [6.45, 7) is 10.8. The Morgan fingerprint density at radius 3 is 2.32 bits per heavy atom. The quantitative estimate of drug-likeness (QED) is 0.848. The maximum absolute atomic E-state index is 10.9. The van der Waals surface area contributed by atoms with Gasteiger partial charge in [-0.2, -0.15) is 0 Å². The number of hydrogen-bond donors (Lipinski definition) is 1. The zero-order valence-corrected chi connectivity index (χ0v) is 12.1. The summed E-state index contributed by atoms with van der Waals surface area (Å²) in [7, 11) is 0. The van der Waals surface area contributed by atoms with Gasteiger partial charge in [-0.3, -0.25) is 4.90 Å². The lowest BCUT2D eigenvalue weighted by Gasteiger charge is -2.43. The van der Waals surface area contributed by atoms with E-state index in [4.69, 9.17) is 9.84 Å². The van der Waals surface area contributed by atoms with E-state index >= 15 is 0 Å². The minimum Gasteiger partial charge on any atom is -0.465 e. The van der Waals surface area contributed by atoms with Crippen molar-refractivity contribution in [2.75, 3.05) is 45.9 Å². The highest BCUT2D eigenvalue weighted by Gasteiger charge is 2.35. The first-order valence-electron chi connectivity index (χ1n) is 7.27.